The Labute approximate surface area is 227 Å². The summed E-state index contributed by atoms with van der Waals surface area (Å²) in [6.07, 6.45) is 2.89. The molecule has 3 aromatic rings. The van der Waals surface area contributed by atoms with E-state index in [-0.39, 0.29) is 18.6 Å². The predicted octanol–water partition coefficient (Wildman–Crippen LogP) is 4.01. The van der Waals surface area contributed by atoms with Crippen molar-refractivity contribution in [2.24, 2.45) is 0 Å². The average molecular weight is 536 g/mol. The first-order valence-electron chi connectivity index (χ1n) is 13.6. The first-order chi connectivity index (χ1) is 18.6. The maximum absolute atomic E-state index is 13.4. The zero-order valence-electron chi connectivity index (χ0n) is 21.8. The third-order valence-corrected chi connectivity index (χ3v) is 8.70. The van der Waals surface area contributed by atoms with Crippen LogP contribution in [0.3, 0.4) is 0 Å². The van der Waals surface area contributed by atoms with Crippen LogP contribution >= 0.6 is 0 Å². The summed E-state index contributed by atoms with van der Waals surface area (Å²) in [5.74, 6) is -0.0364. The standard InChI is InChI=1S/C30H37N3O4S/c34-29(32-18-9-17-31(20-21-32)22-24-10-2-1-3-11-24)23-37-30(28-16-6-7-19-33(28)38(35)36)27-15-8-13-25-12-4-5-14-26(25)27/h1-5,8,10-15,28,30,38H,6-7,9,16-23H2. The van der Waals surface area contributed by atoms with Crippen molar-refractivity contribution >= 4 is 27.6 Å². The van der Waals surface area contributed by atoms with Gasteiger partial charge in [-0.05, 0) is 41.2 Å². The van der Waals surface area contributed by atoms with Crippen LogP contribution in [0.4, 0.5) is 0 Å². The van der Waals surface area contributed by atoms with Crippen LogP contribution in [-0.4, -0.2) is 73.8 Å². The quantitative estimate of drug-likeness (QED) is 0.442. The van der Waals surface area contributed by atoms with Crippen molar-refractivity contribution in [2.75, 3.05) is 39.3 Å². The molecule has 0 spiro atoms. The Morgan fingerprint density at radius 3 is 2.47 bits per heavy atom. The monoisotopic (exact) mass is 535 g/mol. The second-order valence-electron chi connectivity index (χ2n) is 10.3. The molecule has 2 atom stereocenters. The molecule has 2 unspecified atom stereocenters. The number of carbonyl (C=O) groups excluding carboxylic acids is 1. The normalized spacial score (nSPS) is 20.4. The summed E-state index contributed by atoms with van der Waals surface area (Å²) in [5.41, 5.74) is 2.22. The highest BCUT2D eigenvalue weighted by atomic mass is 32.2. The Bertz CT molecular complexity index is 1290. The fraction of sp³-hybridized carbons (Fsp3) is 0.433. The molecule has 0 N–H and O–H groups in total. The van der Waals surface area contributed by atoms with Gasteiger partial charge in [0.05, 0.1) is 6.04 Å². The number of carbonyl (C=O) groups is 1. The molecule has 2 aliphatic rings. The molecule has 0 aliphatic carbocycles. The molecule has 2 saturated heterocycles. The Hall–Kier alpha value is -2.78. The van der Waals surface area contributed by atoms with E-state index in [4.69, 9.17) is 4.74 Å². The van der Waals surface area contributed by atoms with Crippen molar-refractivity contribution in [3.63, 3.8) is 0 Å². The molecule has 38 heavy (non-hydrogen) atoms. The van der Waals surface area contributed by atoms with Crippen molar-refractivity contribution in [1.29, 1.82) is 0 Å². The molecular formula is C30H37N3O4S. The summed E-state index contributed by atoms with van der Waals surface area (Å²) in [4.78, 5) is 17.7. The number of fused-ring (bicyclic) bond motifs is 1. The van der Waals surface area contributed by atoms with Gasteiger partial charge >= 0.3 is 0 Å². The van der Waals surface area contributed by atoms with Crippen LogP contribution in [0.15, 0.2) is 72.8 Å². The van der Waals surface area contributed by atoms with E-state index in [0.29, 0.717) is 26.1 Å². The second kappa shape index (κ2) is 12.8. The third-order valence-electron chi connectivity index (χ3n) is 7.79. The van der Waals surface area contributed by atoms with Crippen LogP contribution in [-0.2, 0) is 27.0 Å². The van der Waals surface area contributed by atoms with Gasteiger partial charge in [0.25, 0.3) is 0 Å². The van der Waals surface area contributed by atoms with Crippen molar-refractivity contribution < 1.29 is 17.9 Å². The van der Waals surface area contributed by atoms with Gasteiger partial charge in [0, 0.05) is 39.3 Å². The fourth-order valence-corrected chi connectivity index (χ4v) is 6.62. The first kappa shape index (κ1) is 26.8. The van der Waals surface area contributed by atoms with Gasteiger partial charge in [0.2, 0.25) is 16.8 Å². The number of ether oxygens (including phenoxy) is 1. The summed E-state index contributed by atoms with van der Waals surface area (Å²) < 4.78 is 32.3. The number of hydrogen-bond donors (Lipinski definition) is 1. The number of amides is 1. The van der Waals surface area contributed by atoms with Crippen molar-refractivity contribution in [1.82, 2.24) is 14.1 Å². The molecule has 5 rings (SSSR count). The molecule has 0 saturated carbocycles. The maximum atomic E-state index is 13.4. The lowest BCUT2D eigenvalue weighted by Gasteiger charge is -2.37. The number of piperidine rings is 1. The molecule has 2 fully saturated rings. The highest BCUT2D eigenvalue weighted by Gasteiger charge is 2.35. The lowest BCUT2D eigenvalue weighted by Crippen LogP contribution is -2.44. The Balaban J connectivity index is 1.30. The number of thiol groups is 1. The molecule has 2 heterocycles. The summed E-state index contributed by atoms with van der Waals surface area (Å²) in [6, 6.07) is 24.2. The predicted molar refractivity (Wildman–Crippen MR) is 150 cm³/mol. The van der Waals surface area contributed by atoms with E-state index >= 15 is 0 Å². The van der Waals surface area contributed by atoms with Gasteiger partial charge in [-0.15, -0.1) is 0 Å². The molecule has 7 nitrogen and oxygen atoms in total. The van der Waals surface area contributed by atoms with Gasteiger partial charge in [-0.1, -0.05) is 79.2 Å². The molecule has 3 aromatic carbocycles. The highest BCUT2D eigenvalue weighted by molar-refractivity contribution is 7.69. The topological polar surface area (TPSA) is 70.2 Å². The number of benzene rings is 3. The lowest BCUT2D eigenvalue weighted by atomic mass is 9.91. The SMILES string of the molecule is O=C(COC(c1cccc2ccccc12)C1CCCCN1[SH](=O)=O)N1CCCN(Cc2ccccc2)CC1. The molecule has 0 bridgehead atoms. The van der Waals surface area contributed by atoms with E-state index in [9.17, 15) is 13.2 Å². The Morgan fingerprint density at radius 2 is 1.63 bits per heavy atom. The summed E-state index contributed by atoms with van der Waals surface area (Å²) >= 11 is 0. The molecule has 8 heteroatoms. The minimum absolute atomic E-state index is 0.0364. The zero-order chi connectivity index (χ0) is 26.3. The van der Waals surface area contributed by atoms with Gasteiger partial charge in [0.1, 0.15) is 12.7 Å². The molecule has 1 amide bonds. The lowest BCUT2D eigenvalue weighted by molar-refractivity contribution is -0.139. The molecule has 0 radical (unpaired) electrons. The molecule has 2 aliphatic heterocycles. The van der Waals surface area contributed by atoms with Gasteiger partial charge < -0.3 is 9.64 Å². The van der Waals surface area contributed by atoms with Crippen molar-refractivity contribution in [3.05, 3.63) is 83.9 Å². The van der Waals surface area contributed by atoms with Gasteiger partial charge in [-0.2, -0.15) is 4.31 Å². The minimum Gasteiger partial charge on any atom is -0.362 e. The van der Waals surface area contributed by atoms with Gasteiger partial charge in [-0.3, -0.25) is 9.69 Å². The van der Waals surface area contributed by atoms with Crippen LogP contribution in [0.1, 0.15) is 42.9 Å². The van der Waals surface area contributed by atoms with E-state index in [2.05, 4.69) is 29.2 Å². The first-order valence-corrected chi connectivity index (χ1v) is 14.8. The molecule has 202 valence electrons. The van der Waals surface area contributed by atoms with Crippen molar-refractivity contribution in [3.8, 4) is 0 Å². The summed E-state index contributed by atoms with van der Waals surface area (Å²) in [7, 11) is -2.74. The van der Waals surface area contributed by atoms with Crippen LogP contribution in [0.5, 0.6) is 0 Å². The largest absolute Gasteiger partial charge is 0.362 e. The summed E-state index contributed by atoms with van der Waals surface area (Å²) in [6.45, 7) is 4.45. The third kappa shape index (κ3) is 6.43. The second-order valence-corrected chi connectivity index (χ2v) is 11.2. The zero-order valence-corrected chi connectivity index (χ0v) is 22.7. The average Bonchev–Trinajstić information content (AvgIpc) is 3.19. The van der Waals surface area contributed by atoms with Crippen LogP contribution < -0.4 is 0 Å². The van der Waals surface area contributed by atoms with Gasteiger partial charge in [0.15, 0.2) is 0 Å². The van der Waals surface area contributed by atoms with Crippen molar-refractivity contribution in [2.45, 2.75) is 44.4 Å². The van der Waals surface area contributed by atoms with E-state index in [1.165, 1.54) is 5.56 Å². The smallest absolute Gasteiger partial charge is 0.248 e. The Morgan fingerprint density at radius 1 is 0.842 bits per heavy atom. The highest BCUT2D eigenvalue weighted by Crippen LogP contribution is 2.35. The summed E-state index contributed by atoms with van der Waals surface area (Å²) in [5, 5.41) is 2.11. The van der Waals surface area contributed by atoms with E-state index in [1.807, 2.05) is 53.4 Å². The fourth-order valence-electron chi connectivity index (χ4n) is 5.83. The molecular weight excluding hydrogens is 498 g/mol. The number of rotatable bonds is 8. The number of hydrogen-bond acceptors (Lipinski definition) is 5. The van der Waals surface area contributed by atoms with E-state index in [0.717, 1.165) is 55.2 Å². The van der Waals surface area contributed by atoms with Crippen LogP contribution in [0.2, 0.25) is 0 Å². The van der Waals surface area contributed by atoms with Crippen LogP contribution in [0, 0.1) is 0 Å². The van der Waals surface area contributed by atoms with E-state index in [1.54, 1.807) is 4.31 Å². The number of nitrogens with zero attached hydrogens (tertiary/aromatic N) is 3. The van der Waals surface area contributed by atoms with Crippen LogP contribution in [0.25, 0.3) is 10.8 Å². The maximum Gasteiger partial charge on any atom is 0.248 e. The van der Waals surface area contributed by atoms with Gasteiger partial charge in [-0.25, -0.2) is 8.42 Å². The molecule has 0 aromatic heterocycles. The van der Waals surface area contributed by atoms with E-state index < -0.39 is 17.0 Å². The minimum atomic E-state index is -2.74. The Kier molecular flexibility index (Phi) is 9.06.